The number of hydrogen-bond acceptors (Lipinski definition) is 4. The van der Waals surface area contributed by atoms with Gasteiger partial charge in [-0.2, -0.15) is 0 Å². The summed E-state index contributed by atoms with van der Waals surface area (Å²) in [6.07, 6.45) is 3.38. The van der Waals surface area contributed by atoms with Crippen molar-refractivity contribution in [1.29, 1.82) is 0 Å². The van der Waals surface area contributed by atoms with E-state index in [0.29, 0.717) is 0 Å². The van der Waals surface area contributed by atoms with Crippen LogP contribution in [-0.4, -0.2) is 22.1 Å². The topological polar surface area (TPSA) is 12.4 Å². The van der Waals surface area contributed by atoms with Crippen molar-refractivity contribution in [1.82, 2.24) is 0 Å². The third kappa shape index (κ3) is 2.87. The van der Waals surface area contributed by atoms with Gasteiger partial charge in [0.25, 0.3) is 0 Å². The molecule has 52 valence electrons. The van der Waals surface area contributed by atoms with Crippen molar-refractivity contribution >= 4 is 39.8 Å². The lowest BCUT2D eigenvalue weighted by atomic mass is 10.6. The van der Waals surface area contributed by atoms with Gasteiger partial charge < -0.3 is 0 Å². The van der Waals surface area contributed by atoms with E-state index >= 15 is 0 Å². The standard InChI is InChI=1S/C5H9NS3/c1-7-5-6-9-4-2-3-8-5/h2-4H2,1H3. The summed E-state index contributed by atoms with van der Waals surface area (Å²) in [4.78, 5) is 0. The average molecular weight is 179 g/mol. The van der Waals surface area contributed by atoms with Crippen LogP contribution in [-0.2, 0) is 0 Å². The van der Waals surface area contributed by atoms with Crippen LogP contribution in [0.25, 0.3) is 0 Å². The molecule has 0 aromatic rings. The molecular formula is C5H9NS3. The molecule has 0 aromatic heterocycles. The minimum Gasteiger partial charge on any atom is -0.203 e. The van der Waals surface area contributed by atoms with Crippen molar-refractivity contribution in [2.75, 3.05) is 17.8 Å². The Labute approximate surface area is 68.6 Å². The smallest absolute Gasteiger partial charge is 0.137 e. The van der Waals surface area contributed by atoms with Crippen LogP contribution in [0.1, 0.15) is 6.42 Å². The van der Waals surface area contributed by atoms with Gasteiger partial charge >= 0.3 is 0 Å². The van der Waals surface area contributed by atoms with Gasteiger partial charge in [0.1, 0.15) is 4.38 Å². The number of rotatable bonds is 0. The van der Waals surface area contributed by atoms with Crippen molar-refractivity contribution < 1.29 is 0 Å². The summed E-state index contributed by atoms with van der Waals surface area (Å²) in [7, 11) is 0. The van der Waals surface area contributed by atoms with Crippen molar-refractivity contribution in [2.45, 2.75) is 6.42 Å². The lowest BCUT2D eigenvalue weighted by Crippen LogP contribution is -1.82. The van der Waals surface area contributed by atoms with Crippen LogP contribution in [0.3, 0.4) is 0 Å². The van der Waals surface area contributed by atoms with Crippen molar-refractivity contribution in [3.05, 3.63) is 0 Å². The maximum atomic E-state index is 4.30. The molecule has 0 radical (unpaired) electrons. The Kier molecular flexibility index (Phi) is 3.93. The van der Waals surface area contributed by atoms with Crippen molar-refractivity contribution in [3.63, 3.8) is 0 Å². The van der Waals surface area contributed by atoms with Gasteiger partial charge in [-0.15, -0.1) is 11.8 Å². The van der Waals surface area contributed by atoms with E-state index in [1.54, 1.807) is 23.7 Å². The molecule has 0 fully saturated rings. The Bertz CT molecular complexity index is 113. The molecular weight excluding hydrogens is 170 g/mol. The largest absolute Gasteiger partial charge is 0.203 e. The summed E-state index contributed by atoms with van der Waals surface area (Å²) in [6.45, 7) is 0. The Morgan fingerprint density at radius 1 is 1.56 bits per heavy atom. The third-order valence-corrected chi connectivity index (χ3v) is 4.06. The first-order chi connectivity index (χ1) is 4.43. The molecule has 0 bridgehead atoms. The van der Waals surface area contributed by atoms with Gasteiger partial charge in [-0.05, 0) is 24.6 Å². The van der Waals surface area contributed by atoms with Gasteiger partial charge in [0.15, 0.2) is 0 Å². The third-order valence-electron chi connectivity index (χ3n) is 0.919. The van der Waals surface area contributed by atoms with Gasteiger partial charge in [-0.3, -0.25) is 0 Å². The fourth-order valence-electron chi connectivity index (χ4n) is 0.504. The fraction of sp³-hybridized carbons (Fsp3) is 0.800. The number of hydrogen-bond donors (Lipinski definition) is 0. The summed E-state index contributed by atoms with van der Waals surface area (Å²) in [6, 6.07) is 0. The molecule has 0 spiro atoms. The summed E-state index contributed by atoms with van der Waals surface area (Å²) in [5.74, 6) is 2.43. The predicted molar refractivity (Wildman–Crippen MR) is 50.5 cm³/mol. The van der Waals surface area contributed by atoms with Crippen molar-refractivity contribution in [2.24, 2.45) is 4.40 Å². The first-order valence-corrected chi connectivity index (χ1v) is 5.95. The van der Waals surface area contributed by atoms with E-state index in [0.717, 1.165) is 0 Å². The SMILES string of the molecule is CSC1=NSCCCS1. The highest BCUT2D eigenvalue weighted by Gasteiger charge is 2.02. The molecule has 0 aliphatic carbocycles. The van der Waals surface area contributed by atoms with Crippen LogP contribution in [0.4, 0.5) is 0 Å². The van der Waals surface area contributed by atoms with Gasteiger partial charge in [-0.25, -0.2) is 4.40 Å². The lowest BCUT2D eigenvalue weighted by Gasteiger charge is -1.93. The summed E-state index contributed by atoms with van der Waals surface area (Å²) >= 11 is 5.32. The Morgan fingerprint density at radius 2 is 2.44 bits per heavy atom. The molecule has 0 saturated carbocycles. The maximum absolute atomic E-state index is 4.30. The van der Waals surface area contributed by atoms with E-state index in [2.05, 4.69) is 10.7 Å². The molecule has 1 nitrogen and oxygen atoms in total. The highest BCUT2D eigenvalue weighted by molar-refractivity contribution is 8.39. The van der Waals surface area contributed by atoms with E-state index in [-0.39, 0.29) is 0 Å². The van der Waals surface area contributed by atoms with Crippen LogP contribution >= 0.6 is 35.5 Å². The quantitative estimate of drug-likeness (QED) is 0.530. The van der Waals surface area contributed by atoms with E-state index in [9.17, 15) is 0 Å². The number of nitrogens with zero attached hydrogens (tertiary/aromatic N) is 1. The van der Waals surface area contributed by atoms with Crippen LogP contribution in [0, 0.1) is 0 Å². The van der Waals surface area contributed by atoms with Gasteiger partial charge in [0.05, 0.1) is 0 Å². The monoisotopic (exact) mass is 179 g/mol. The zero-order chi connectivity index (χ0) is 6.53. The molecule has 0 unspecified atom stereocenters. The minimum absolute atomic E-state index is 1.19. The van der Waals surface area contributed by atoms with Crippen LogP contribution in [0.2, 0.25) is 0 Å². The highest BCUT2D eigenvalue weighted by Crippen LogP contribution is 2.23. The molecule has 1 aliphatic heterocycles. The molecule has 1 rings (SSSR count). The van der Waals surface area contributed by atoms with Crippen LogP contribution < -0.4 is 0 Å². The lowest BCUT2D eigenvalue weighted by molar-refractivity contribution is 1.13. The first-order valence-electron chi connectivity index (χ1n) is 2.80. The Morgan fingerprint density at radius 3 is 3.22 bits per heavy atom. The molecule has 1 heterocycles. The van der Waals surface area contributed by atoms with Crippen LogP contribution in [0.5, 0.6) is 0 Å². The average Bonchev–Trinajstić information content (AvgIpc) is 2.13. The second-order valence-electron chi connectivity index (χ2n) is 1.60. The van der Waals surface area contributed by atoms with Gasteiger partial charge in [-0.1, -0.05) is 11.8 Å². The molecule has 0 amide bonds. The molecule has 4 heteroatoms. The molecule has 0 N–H and O–H groups in total. The van der Waals surface area contributed by atoms with Gasteiger partial charge in [0, 0.05) is 11.5 Å². The molecule has 0 aromatic carbocycles. The van der Waals surface area contributed by atoms with Crippen LogP contribution in [0.15, 0.2) is 4.40 Å². The Hall–Kier alpha value is 0.720. The Balaban J connectivity index is 2.37. The summed E-state index contributed by atoms with van der Waals surface area (Å²) in [5, 5.41) is 0. The maximum Gasteiger partial charge on any atom is 0.137 e. The second-order valence-corrected chi connectivity index (χ2v) is 4.58. The first kappa shape index (κ1) is 7.82. The second kappa shape index (κ2) is 4.52. The van der Waals surface area contributed by atoms with E-state index in [1.165, 1.54) is 22.3 Å². The normalized spacial score (nSPS) is 20.8. The van der Waals surface area contributed by atoms with E-state index in [4.69, 9.17) is 0 Å². The molecule has 0 atom stereocenters. The van der Waals surface area contributed by atoms with Crippen molar-refractivity contribution in [3.8, 4) is 0 Å². The zero-order valence-corrected chi connectivity index (χ0v) is 7.74. The fourth-order valence-corrected chi connectivity index (χ4v) is 3.17. The molecule has 9 heavy (non-hydrogen) atoms. The number of thioether (sulfide) groups is 2. The minimum atomic E-state index is 1.19. The molecule has 0 saturated heterocycles. The summed E-state index contributed by atoms with van der Waals surface area (Å²) < 4.78 is 5.53. The molecule has 1 aliphatic rings. The summed E-state index contributed by atoms with van der Waals surface area (Å²) in [5.41, 5.74) is 0. The van der Waals surface area contributed by atoms with Gasteiger partial charge in [0.2, 0.25) is 0 Å². The highest BCUT2D eigenvalue weighted by atomic mass is 32.2. The van der Waals surface area contributed by atoms with E-state index in [1.807, 2.05) is 11.8 Å². The zero-order valence-electron chi connectivity index (χ0n) is 5.29. The predicted octanol–water partition coefficient (Wildman–Crippen LogP) is 2.49. The van der Waals surface area contributed by atoms with E-state index < -0.39 is 0 Å².